The number of fused-ring (bicyclic) bond motifs is 3. The van der Waals surface area contributed by atoms with Crippen molar-refractivity contribution in [2.24, 2.45) is 0 Å². The first kappa shape index (κ1) is 17.5. The topological polar surface area (TPSA) is 82.9 Å². The molecule has 0 bridgehead atoms. The number of likely N-dealkylation sites (N-methyl/N-ethyl adjacent to an activating group) is 1. The number of H-pyrrole nitrogens is 1. The lowest BCUT2D eigenvalue weighted by Crippen LogP contribution is -2.30. The van der Waals surface area contributed by atoms with Gasteiger partial charge in [-0.05, 0) is 31.0 Å². The fourth-order valence-electron chi connectivity index (χ4n) is 3.57. The molecule has 1 N–H and O–H groups in total. The molecule has 0 radical (unpaired) electrons. The zero-order chi connectivity index (χ0) is 19.0. The Labute approximate surface area is 156 Å². The van der Waals surface area contributed by atoms with E-state index in [4.69, 9.17) is 4.74 Å². The number of hydrogen-bond donors (Lipinski definition) is 1. The normalized spacial score (nSPS) is 14.4. The summed E-state index contributed by atoms with van der Waals surface area (Å²) in [6.07, 6.45) is 3.83. The molecule has 1 amide bonds. The molecular weight excluding hydrogens is 346 g/mol. The van der Waals surface area contributed by atoms with Gasteiger partial charge in [0.15, 0.2) is 0 Å². The maximum absolute atomic E-state index is 12.7. The van der Waals surface area contributed by atoms with Crippen LogP contribution >= 0.6 is 0 Å². The average Bonchev–Trinajstić information content (AvgIpc) is 3.35. The molecule has 0 aliphatic carbocycles. The zero-order valence-electron chi connectivity index (χ0n) is 15.6. The summed E-state index contributed by atoms with van der Waals surface area (Å²) in [5.41, 5.74) is 2.33. The van der Waals surface area contributed by atoms with Gasteiger partial charge in [-0.25, -0.2) is 4.98 Å². The number of methoxy groups -OCH3 is 1. The molecule has 0 unspecified atom stereocenters. The van der Waals surface area contributed by atoms with Crippen LogP contribution in [0.3, 0.4) is 0 Å². The highest BCUT2D eigenvalue weighted by atomic mass is 16.5. The molecule has 2 aromatic heterocycles. The second-order valence-corrected chi connectivity index (χ2v) is 6.88. The third-order valence-electron chi connectivity index (χ3n) is 5.08. The zero-order valence-corrected chi connectivity index (χ0v) is 15.6. The van der Waals surface area contributed by atoms with E-state index in [9.17, 15) is 9.59 Å². The van der Waals surface area contributed by atoms with Gasteiger partial charge >= 0.3 is 0 Å². The summed E-state index contributed by atoms with van der Waals surface area (Å²) in [7, 11) is 3.36. The number of hydrogen-bond acceptors (Lipinski definition) is 5. The largest absolute Gasteiger partial charge is 0.383 e. The Morgan fingerprint density at radius 2 is 2.07 bits per heavy atom. The number of aromatic nitrogens is 3. The van der Waals surface area contributed by atoms with Crippen molar-refractivity contribution < 1.29 is 9.53 Å². The molecule has 8 heteroatoms. The van der Waals surface area contributed by atoms with Gasteiger partial charge in [0.25, 0.3) is 11.5 Å². The minimum atomic E-state index is -0.184. The van der Waals surface area contributed by atoms with Gasteiger partial charge in [0.05, 0.1) is 23.8 Å². The lowest BCUT2D eigenvalue weighted by molar-refractivity contribution is 0.0744. The van der Waals surface area contributed by atoms with Crippen molar-refractivity contribution in [2.45, 2.75) is 12.8 Å². The lowest BCUT2D eigenvalue weighted by Gasteiger charge is -2.18. The standard InChI is InChI=1S/C19H23N5O3/c1-22(9-10-27-2)18(26)13-5-6-14-15(11-13)24-16(17(25)21-14)12-20-19(24)23-7-3-4-8-23/h5-6,11-12H,3-4,7-10H2,1-2H3,(H,21,25). The Hall–Kier alpha value is -2.87. The van der Waals surface area contributed by atoms with E-state index >= 15 is 0 Å². The van der Waals surface area contributed by atoms with E-state index in [1.807, 2.05) is 10.5 Å². The fourth-order valence-corrected chi connectivity index (χ4v) is 3.57. The summed E-state index contributed by atoms with van der Waals surface area (Å²) in [5.74, 6) is 0.673. The Bertz CT molecular complexity index is 1050. The SMILES string of the molecule is COCCN(C)C(=O)c1ccc2[nH]c(=O)c3cnc(N4CCCC4)n3c2c1. The fraction of sp³-hybridized carbons (Fsp3) is 0.421. The van der Waals surface area contributed by atoms with Crippen LogP contribution in [0.15, 0.2) is 29.2 Å². The Morgan fingerprint density at radius 3 is 2.81 bits per heavy atom. The van der Waals surface area contributed by atoms with Crippen LogP contribution in [0.2, 0.25) is 0 Å². The van der Waals surface area contributed by atoms with Crippen LogP contribution in [0.5, 0.6) is 0 Å². The van der Waals surface area contributed by atoms with E-state index in [1.165, 1.54) is 0 Å². The van der Waals surface area contributed by atoms with Crippen molar-refractivity contribution >= 4 is 28.4 Å². The molecule has 0 atom stereocenters. The molecule has 1 fully saturated rings. The highest BCUT2D eigenvalue weighted by Gasteiger charge is 2.20. The van der Waals surface area contributed by atoms with Gasteiger partial charge in [0.1, 0.15) is 5.52 Å². The number of ether oxygens (including phenoxy) is 1. The molecule has 27 heavy (non-hydrogen) atoms. The van der Waals surface area contributed by atoms with Crippen molar-refractivity contribution in [1.82, 2.24) is 19.3 Å². The predicted octanol–water partition coefficient (Wildman–Crippen LogP) is 1.49. The number of imidazole rings is 1. The first-order valence-corrected chi connectivity index (χ1v) is 9.13. The molecule has 8 nitrogen and oxygen atoms in total. The number of benzene rings is 1. The monoisotopic (exact) mass is 369 g/mol. The third-order valence-corrected chi connectivity index (χ3v) is 5.08. The summed E-state index contributed by atoms with van der Waals surface area (Å²) < 4.78 is 6.92. The van der Waals surface area contributed by atoms with Gasteiger partial charge in [-0.3, -0.25) is 14.0 Å². The van der Waals surface area contributed by atoms with Gasteiger partial charge in [0.2, 0.25) is 5.95 Å². The quantitative estimate of drug-likeness (QED) is 0.737. The van der Waals surface area contributed by atoms with Crippen molar-refractivity contribution in [3.63, 3.8) is 0 Å². The summed E-state index contributed by atoms with van der Waals surface area (Å²) >= 11 is 0. The highest BCUT2D eigenvalue weighted by Crippen LogP contribution is 2.24. The van der Waals surface area contributed by atoms with Gasteiger partial charge < -0.3 is 19.5 Å². The lowest BCUT2D eigenvalue weighted by atomic mass is 10.1. The Balaban J connectivity index is 1.85. The molecule has 0 spiro atoms. The molecule has 3 aromatic rings. The van der Waals surface area contributed by atoms with Crippen molar-refractivity contribution in [3.05, 3.63) is 40.3 Å². The summed E-state index contributed by atoms with van der Waals surface area (Å²) in [6, 6.07) is 5.34. The number of carbonyl (C=O) groups excluding carboxylic acids is 1. The molecule has 0 saturated carbocycles. The summed E-state index contributed by atoms with van der Waals surface area (Å²) in [4.78, 5) is 36.4. The molecular formula is C19H23N5O3. The molecule has 4 rings (SSSR count). The van der Waals surface area contributed by atoms with E-state index in [0.717, 1.165) is 37.4 Å². The number of amides is 1. The van der Waals surface area contributed by atoms with Gasteiger partial charge in [0, 0.05) is 39.4 Å². The van der Waals surface area contributed by atoms with Gasteiger partial charge in [-0.2, -0.15) is 0 Å². The van der Waals surface area contributed by atoms with Crippen LogP contribution in [0, 0.1) is 0 Å². The van der Waals surface area contributed by atoms with Gasteiger partial charge in [-0.1, -0.05) is 0 Å². The molecule has 1 aromatic carbocycles. The van der Waals surface area contributed by atoms with Crippen molar-refractivity contribution in [2.75, 3.05) is 45.3 Å². The summed E-state index contributed by atoms with van der Waals surface area (Å²) in [5, 5.41) is 0. The highest BCUT2D eigenvalue weighted by molar-refractivity contribution is 5.97. The average molecular weight is 369 g/mol. The van der Waals surface area contributed by atoms with Crippen LogP contribution < -0.4 is 10.5 Å². The third kappa shape index (κ3) is 3.06. The molecule has 1 saturated heterocycles. The number of anilines is 1. The van der Waals surface area contributed by atoms with E-state index in [-0.39, 0.29) is 11.5 Å². The number of nitrogens with one attached hydrogen (secondary N) is 1. The Kier molecular flexibility index (Phi) is 4.57. The minimum Gasteiger partial charge on any atom is -0.383 e. The van der Waals surface area contributed by atoms with E-state index in [1.54, 1.807) is 37.4 Å². The number of aromatic amines is 1. The molecule has 1 aliphatic heterocycles. The molecule has 142 valence electrons. The molecule has 1 aliphatic rings. The number of rotatable bonds is 5. The molecule has 3 heterocycles. The minimum absolute atomic E-state index is 0.0869. The number of carbonyl (C=O) groups is 1. The van der Waals surface area contributed by atoms with Crippen molar-refractivity contribution in [1.29, 1.82) is 0 Å². The number of nitrogens with zero attached hydrogens (tertiary/aromatic N) is 4. The Morgan fingerprint density at radius 1 is 1.30 bits per heavy atom. The van der Waals surface area contributed by atoms with Crippen molar-refractivity contribution in [3.8, 4) is 0 Å². The van der Waals surface area contributed by atoms with Crippen LogP contribution in [0.25, 0.3) is 16.6 Å². The maximum atomic E-state index is 12.7. The van der Waals surface area contributed by atoms with Crippen LogP contribution in [-0.4, -0.2) is 65.6 Å². The maximum Gasteiger partial charge on any atom is 0.274 e. The second kappa shape index (κ2) is 7.03. The van der Waals surface area contributed by atoms with Crippen LogP contribution in [-0.2, 0) is 4.74 Å². The van der Waals surface area contributed by atoms with Crippen LogP contribution in [0.1, 0.15) is 23.2 Å². The predicted molar refractivity (Wildman–Crippen MR) is 104 cm³/mol. The smallest absolute Gasteiger partial charge is 0.274 e. The van der Waals surface area contributed by atoms with E-state index < -0.39 is 0 Å². The van der Waals surface area contributed by atoms with E-state index in [2.05, 4.69) is 14.9 Å². The van der Waals surface area contributed by atoms with Gasteiger partial charge in [-0.15, -0.1) is 0 Å². The summed E-state index contributed by atoms with van der Waals surface area (Å²) in [6.45, 7) is 2.84. The van der Waals surface area contributed by atoms with Crippen LogP contribution in [0.4, 0.5) is 5.95 Å². The first-order valence-electron chi connectivity index (χ1n) is 9.13. The van der Waals surface area contributed by atoms with E-state index in [0.29, 0.717) is 29.7 Å². The second-order valence-electron chi connectivity index (χ2n) is 6.88. The first-order chi connectivity index (χ1) is 13.1.